The van der Waals surface area contributed by atoms with Crippen LogP contribution in [0, 0.1) is 0 Å². The van der Waals surface area contributed by atoms with Crippen molar-refractivity contribution in [2.45, 2.75) is 6.54 Å². The summed E-state index contributed by atoms with van der Waals surface area (Å²) in [6.45, 7) is 0.562. The maximum Gasteiger partial charge on any atom is 0.0395 e. The SMILES string of the molecule is NCc1cc(-c2cc(N)ccc2N)cs1. The van der Waals surface area contributed by atoms with E-state index in [4.69, 9.17) is 17.2 Å². The van der Waals surface area contributed by atoms with Gasteiger partial charge in [-0.25, -0.2) is 0 Å². The zero-order valence-corrected chi connectivity index (χ0v) is 9.05. The van der Waals surface area contributed by atoms with Gasteiger partial charge in [0.15, 0.2) is 0 Å². The molecule has 2 aromatic rings. The number of hydrogen-bond acceptors (Lipinski definition) is 4. The molecule has 0 bridgehead atoms. The van der Waals surface area contributed by atoms with Crippen LogP contribution in [0.1, 0.15) is 4.88 Å². The third-order valence-electron chi connectivity index (χ3n) is 2.24. The second kappa shape index (κ2) is 3.92. The Labute approximate surface area is 92.5 Å². The van der Waals surface area contributed by atoms with Crippen LogP contribution in [-0.2, 0) is 6.54 Å². The van der Waals surface area contributed by atoms with Crippen LogP contribution in [0.25, 0.3) is 11.1 Å². The molecule has 6 N–H and O–H groups in total. The van der Waals surface area contributed by atoms with Gasteiger partial charge < -0.3 is 17.2 Å². The van der Waals surface area contributed by atoms with Crippen molar-refractivity contribution in [1.82, 2.24) is 0 Å². The molecule has 0 saturated carbocycles. The molecular weight excluding hydrogens is 206 g/mol. The molecule has 4 heteroatoms. The third-order valence-corrected chi connectivity index (χ3v) is 3.20. The van der Waals surface area contributed by atoms with E-state index in [-0.39, 0.29) is 0 Å². The summed E-state index contributed by atoms with van der Waals surface area (Å²) in [5.41, 5.74) is 20.7. The van der Waals surface area contributed by atoms with Crippen molar-refractivity contribution in [1.29, 1.82) is 0 Å². The summed E-state index contributed by atoms with van der Waals surface area (Å²) in [5.74, 6) is 0. The number of anilines is 2. The summed E-state index contributed by atoms with van der Waals surface area (Å²) >= 11 is 1.64. The van der Waals surface area contributed by atoms with E-state index in [0.717, 1.165) is 27.4 Å². The van der Waals surface area contributed by atoms with Crippen molar-refractivity contribution in [3.8, 4) is 11.1 Å². The van der Waals surface area contributed by atoms with Crippen LogP contribution in [0.2, 0.25) is 0 Å². The average Bonchev–Trinajstić information content (AvgIpc) is 2.70. The molecule has 1 aromatic heterocycles. The first-order valence-corrected chi connectivity index (χ1v) is 5.51. The molecular formula is C11H13N3S. The minimum atomic E-state index is 0.562. The minimum absolute atomic E-state index is 0.562. The number of thiophene rings is 1. The molecule has 0 fully saturated rings. The standard InChI is InChI=1S/C11H13N3S/c12-5-9-3-7(6-15-9)10-4-8(13)1-2-11(10)14/h1-4,6H,5,12-14H2. The Morgan fingerprint density at radius 2 is 1.93 bits per heavy atom. The van der Waals surface area contributed by atoms with E-state index in [0.29, 0.717) is 6.54 Å². The highest BCUT2D eigenvalue weighted by atomic mass is 32.1. The molecule has 0 saturated heterocycles. The van der Waals surface area contributed by atoms with E-state index in [1.54, 1.807) is 17.4 Å². The van der Waals surface area contributed by atoms with E-state index in [9.17, 15) is 0 Å². The predicted octanol–water partition coefficient (Wildman–Crippen LogP) is 2.04. The topological polar surface area (TPSA) is 78.1 Å². The van der Waals surface area contributed by atoms with Gasteiger partial charge in [-0.15, -0.1) is 11.3 Å². The summed E-state index contributed by atoms with van der Waals surface area (Å²) in [6, 6.07) is 7.56. The Hall–Kier alpha value is -1.52. The first kappa shape index (κ1) is 10.0. The molecule has 0 aliphatic heterocycles. The molecule has 0 aliphatic rings. The molecule has 2 rings (SSSR count). The maximum absolute atomic E-state index is 5.89. The van der Waals surface area contributed by atoms with Crippen molar-refractivity contribution >= 4 is 22.7 Å². The Bertz CT molecular complexity index is 476. The van der Waals surface area contributed by atoms with Gasteiger partial charge in [-0.3, -0.25) is 0 Å². The lowest BCUT2D eigenvalue weighted by atomic mass is 10.1. The van der Waals surface area contributed by atoms with Gasteiger partial charge in [-0.2, -0.15) is 0 Å². The number of hydrogen-bond donors (Lipinski definition) is 3. The molecule has 0 atom stereocenters. The van der Waals surface area contributed by atoms with Crippen molar-refractivity contribution < 1.29 is 0 Å². The third kappa shape index (κ3) is 1.95. The van der Waals surface area contributed by atoms with Crippen LogP contribution in [0.15, 0.2) is 29.6 Å². The molecule has 1 heterocycles. The molecule has 0 amide bonds. The lowest BCUT2D eigenvalue weighted by Crippen LogP contribution is -1.93. The van der Waals surface area contributed by atoms with Crippen LogP contribution in [-0.4, -0.2) is 0 Å². The van der Waals surface area contributed by atoms with Crippen molar-refractivity contribution in [2.24, 2.45) is 5.73 Å². The maximum atomic E-state index is 5.89. The molecule has 0 unspecified atom stereocenters. The molecule has 0 radical (unpaired) electrons. The Morgan fingerprint density at radius 3 is 2.60 bits per heavy atom. The zero-order valence-electron chi connectivity index (χ0n) is 8.23. The van der Waals surface area contributed by atoms with E-state index < -0.39 is 0 Å². The van der Waals surface area contributed by atoms with Gasteiger partial charge in [0.25, 0.3) is 0 Å². The fourth-order valence-corrected chi connectivity index (χ4v) is 2.22. The minimum Gasteiger partial charge on any atom is -0.399 e. The van der Waals surface area contributed by atoms with E-state index in [1.807, 2.05) is 17.5 Å². The molecule has 1 aromatic carbocycles. The van der Waals surface area contributed by atoms with Gasteiger partial charge in [0.1, 0.15) is 0 Å². The van der Waals surface area contributed by atoms with Gasteiger partial charge in [0.2, 0.25) is 0 Å². The Balaban J connectivity index is 2.48. The normalized spacial score (nSPS) is 10.5. The average molecular weight is 219 g/mol. The van der Waals surface area contributed by atoms with E-state index in [1.165, 1.54) is 0 Å². The van der Waals surface area contributed by atoms with E-state index >= 15 is 0 Å². The molecule has 0 spiro atoms. The fraction of sp³-hybridized carbons (Fsp3) is 0.0909. The second-order valence-corrected chi connectivity index (χ2v) is 4.35. The van der Waals surface area contributed by atoms with Gasteiger partial charge >= 0.3 is 0 Å². The van der Waals surface area contributed by atoms with Crippen molar-refractivity contribution in [3.63, 3.8) is 0 Å². The van der Waals surface area contributed by atoms with Crippen LogP contribution < -0.4 is 17.2 Å². The van der Waals surface area contributed by atoms with Crippen LogP contribution in [0.3, 0.4) is 0 Å². The number of nitrogen functional groups attached to an aromatic ring is 2. The van der Waals surface area contributed by atoms with E-state index in [2.05, 4.69) is 6.07 Å². The lowest BCUT2D eigenvalue weighted by Gasteiger charge is -2.04. The summed E-state index contributed by atoms with van der Waals surface area (Å²) in [6.07, 6.45) is 0. The zero-order chi connectivity index (χ0) is 10.8. The highest BCUT2D eigenvalue weighted by Gasteiger charge is 2.05. The first-order valence-electron chi connectivity index (χ1n) is 4.63. The highest BCUT2D eigenvalue weighted by Crippen LogP contribution is 2.31. The van der Waals surface area contributed by atoms with Crippen LogP contribution >= 0.6 is 11.3 Å². The van der Waals surface area contributed by atoms with Gasteiger partial charge in [-0.1, -0.05) is 0 Å². The predicted molar refractivity (Wildman–Crippen MR) is 66.5 cm³/mol. The second-order valence-electron chi connectivity index (χ2n) is 3.35. The smallest absolute Gasteiger partial charge is 0.0395 e. The van der Waals surface area contributed by atoms with Crippen LogP contribution in [0.5, 0.6) is 0 Å². The van der Waals surface area contributed by atoms with Gasteiger partial charge in [0.05, 0.1) is 0 Å². The quantitative estimate of drug-likeness (QED) is 0.676. The number of nitrogens with two attached hydrogens (primary N) is 3. The summed E-state index contributed by atoms with van der Waals surface area (Å²) in [4.78, 5) is 1.15. The Kier molecular flexibility index (Phi) is 2.62. The lowest BCUT2D eigenvalue weighted by molar-refractivity contribution is 1.11. The summed E-state index contributed by atoms with van der Waals surface area (Å²) in [5, 5.41) is 2.05. The van der Waals surface area contributed by atoms with Crippen molar-refractivity contribution in [3.05, 3.63) is 34.5 Å². The monoisotopic (exact) mass is 219 g/mol. The molecule has 78 valence electrons. The molecule has 15 heavy (non-hydrogen) atoms. The summed E-state index contributed by atoms with van der Waals surface area (Å²) < 4.78 is 0. The number of rotatable bonds is 2. The fourth-order valence-electron chi connectivity index (χ4n) is 1.45. The largest absolute Gasteiger partial charge is 0.399 e. The molecule has 3 nitrogen and oxygen atoms in total. The van der Waals surface area contributed by atoms with Crippen molar-refractivity contribution in [2.75, 3.05) is 11.5 Å². The first-order chi connectivity index (χ1) is 7.20. The van der Waals surface area contributed by atoms with Crippen LogP contribution in [0.4, 0.5) is 11.4 Å². The summed E-state index contributed by atoms with van der Waals surface area (Å²) in [7, 11) is 0. The number of benzene rings is 1. The Morgan fingerprint density at radius 1 is 1.13 bits per heavy atom. The molecule has 0 aliphatic carbocycles. The van der Waals surface area contributed by atoms with Gasteiger partial charge in [-0.05, 0) is 35.2 Å². The van der Waals surface area contributed by atoms with Gasteiger partial charge in [0, 0.05) is 28.4 Å². The highest BCUT2D eigenvalue weighted by molar-refractivity contribution is 7.10.